The number of benzene rings is 2. The number of hydrogen-bond acceptors (Lipinski definition) is 3. The van der Waals surface area contributed by atoms with Gasteiger partial charge in [0.15, 0.2) is 11.5 Å². The van der Waals surface area contributed by atoms with Gasteiger partial charge in [0.25, 0.3) is 0 Å². The third-order valence-electron chi connectivity index (χ3n) is 6.00. The summed E-state index contributed by atoms with van der Waals surface area (Å²) in [6.07, 6.45) is 0.926. The molecular weight excluding hydrogens is 352 g/mol. The van der Waals surface area contributed by atoms with Crippen LogP contribution in [0, 0.1) is 6.92 Å². The van der Waals surface area contributed by atoms with Gasteiger partial charge >= 0.3 is 0 Å². The van der Waals surface area contributed by atoms with Crippen molar-refractivity contribution in [1.29, 1.82) is 0 Å². The molecule has 28 heavy (non-hydrogen) atoms. The summed E-state index contributed by atoms with van der Waals surface area (Å²) in [5, 5.41) is 1.01. The summed E-state index contributed by atoms with van der Waals surface area (Å²) in [5.41, 5.74) is 5.31. The average molecular weight is 379 g/mol. The zero-order valence-corrected chi connectivity index (χ0v) is 16.9. The smallest absolute Gasteiger partial charge is 0.219 e. The van der Waals surface area contributed by atoms with Crippen LogP contribution in [0.2, 0.25) is 0 Å². The SMILES string of the molecule is COc1cc2c(cc1OC)C(C)[NH+](CC(=O)c1c(C)[nH]c3ccccc13)CC2. The molecule has 2 atom stereocenters. The van der Waals surface area contributed by atoms with E-state index >= 15 is 0 Å². The maximum absolute atomic E-state index is 13.2. The van der Waals surface area contributed by atoms with Gasteiger partial charge in [0.2, 0.25) is 5.78 Å². The highest BCUT2D eigenvalue weighted by atomic mass is 16.5. The summed E-state index contributed by atoms with van der Waals surface area (Å²) in [7, 11) is 3.32. The molecule has 1 aromatic heterocycles. The average Bonchev–Trinajstić information content (AvgIpc) is 3.05. The lowest BCUT2D eigenvalue weighted by atomic mass is 9.92. The Balaban J connectivity index is 1.61. The molecule has 5 nitrogen and oxygen atoms in total. The molecule has 4 rings (SSSR count). The minimum atomic E-state index is 0.195. The van der Waals surface area contributed by atoms with Crippen molar-refractivity contribution in [1.82, 2.24) is 4.98 Å². The zero-order chi connectivity index (χ0) is 19.8. The van der Waals surface area contributed by atoms with Gasteiger partial charge in [-0.1, -0.05) is 18.2 Å². The highest BCUT2D eigenvalue weighted by molar-refractivity contribution is 6.09. The number of aromatic nitrogens is 1. The quantitative estimate of drug-likeness (QED) is 0.671. The second-order valence-corrected chi connectivity index (χ2v) is 7.56. The predicted octanol–water partition coefficient (Wildman–Crippen LogP) is 2.88. The van der Waals surface area contributed by atoms with E-state index in [1.54, 1.807) is 14.2 Å². The van der Waals surface area contributed by atoms with Crippen LogP contribution < -0.4 is 14.4 Å². The lowest BCUT2D eigenvalue weighted by molar-refractivity contribution is -0.923. The molecule has 2 unspecified atom stereocenters. The summed E-state index contributed by atoms with van der Waals surface area (Å²) < 4.78 is 10.9. The van der Waals surface area contributed by atoms with Gasteiger partial charge in [-0.05, 0) is 37.6 Å². The van der Waals surface area contributed by atoms with Crippen molar-refractivity contribution in [2.45, 2.75) is 26.3 Å². The lowest BCUT2D eigenvalue weighted by Crippen LogP contribution is -3.13. The van der Waals surface area contributed by atoms with Gasteiger partial charge in [-0.3, -0.25) is 4.79 Å². The number of aryl methyl sites for hydroxylation is 1. The van der Waals surface area contributed by atoms with E-state index in [0.29, 0.717) is 6.54 Å². The van der Waals surface area contributed by atoms with Gasteiger partial charge in [-0.15, -0.1) is 0 Å². The van der Waals surface area contributed by atoms with Crippen molar-refractivity contribution in [2.24, 2.45) is 0 Å². The maximum atomic E-state index is 13.2. The van der Waals surface area contributed by atoms with E-state index in [2.05, 4.69) is 24.0 Å². The number of rotatable bonds is 5. The number of carbonyl (C=O) groups is 1. The number of quaternary nitrogens is 1. The van der Waals surface area contributed by atoms with Gasteiger partial charge in [-0.25, -0.2) is 0 Å². The molecule has 2 heterocycles. The van der Waals surface area contributed by atoms with E-state index in [9.17, 15) is 4.79 Å². The first-order chi connectivity index (χ1) is 13.5. The van der Waals surface area contributed by atoms with E-state index in [0.717, 1.165) is 46.6 Å². The van der Waals surface area contributed by atoms with E-state index in [1.165, 1.54) is 16.0 Å². The van der Waals surface area contributed by atoms with Gasteiger partial charge in [0, 0.05) is 28.6 Å². The van der Waals surface area contributed by atoms with Crippen LogP contribution in [-0.4, -0.2) is 38.1 Å². The van der Waals surface area contributed by atoms with Gasteiger partial charge in [-0.2, -0.15) is 0 Å². The predicted molar refractivity (Wildman–Crippen MR) is 110 cm³/mol. The van der Waals surface area contributed by atoms with E-state index < -0.39 is 0 Å². The fourth-order valence-electron chi connectivity index (χ4n) is 4.46. The number of aromatic amines is 1. The van der Waals surface area contributed by atoms with Crippen molar-refractivity contribution >= 4 is 16.7 Å². The number of hydrogen-bond donors (Lipinski definition) is 2. The molecule has 0 amide bonds. The van der Waals surface area contributed by atoms with Crippen molar-refractivity contribution in [3.63, 3.8) is 0 Å². The normalized spacial score (nSPS) is 18.7. The Hall–Kier alpha value is -2.79. The van der Waals surface area contributed by atoms with Crippen molar-refractivity contribution in [3.05, 3.63) is 58.8 Å². The molecule has 0 spiro atoms. The van der Waals surface area contributed by atoms with Crippen LogP contribution >= 0.6 is 0 Å². The Morgan fingerprint density at radius 2 is 1.89 bits per heavy atom. The van der Waals surface area contributed by atoms with E-state index in [1.807, 2.05) is 31.2 Å². The first-order valence-electron chi connectivity index (χ1n) is 9.73. The third kappa shape index (κ3) is 3.06. The molecule has 1 aliphatic rings. The number of Topliss-reactive ketones (excluding diaryl/α,β-unsaturated/α-hetero) is 1. The Morgan fingerprint density at radius 3 is 2.64 bits per heavy atom. The monoisotopic (exact) mass is 379 g/mol. The van der Waals surface area contributed by atoms with Crippen molar-refractivity contribution < 1.29 is 19.2 Å². The number of H-pyrrole nitrogens is 1. The Labute approximate surface area is 165 Å². The zero-order valence-electron chi connectivity index (χ0n) is 16.9. The molecule has 0 aliphatic carbocycles. The highest BCUT2D eigenvalue weighted by Gasteiger charge is 2.31. The number of nitrogens with one attached hydrogen (secondary N) is 2. The molecule has 2 N–H and O–H groups in total. The van der Waals surface area contributed by atoms with E-state index in [-0.39, 0.29) is 11.8 Å². The highest BCUT2D eigenvalue weighted by Crippen LogP contribution is 2.34. The molecule has 0 saturated carbocycles. The first kappa shape index (κ1) is 18.6. The van der Waals surface area contributed by atoms with Crippen molar-refractivity contribution in [3.8, 4) is 11.5 Å². The molecule has 0 radical (unpaired) electrons. The van der Waals surface area contributed by atoms with Crippen LogP contribution in [0.1, 0.15) is 40.1 Å². The Bertz CT molecular complexity index is 1040. The second-order valence-electron chi connectivity index (χ2n) is 7.56. The molecule has 5 heteroatoms. The van der Waals surface area contributed by atoms with Crippen LogP contribution in [0.25, 0.3) is 10.9 Å². The molecule has 0 saturated heterocycles. The maximum Gasteiger partial charge on any atom is 0.219 e. The standard InChI is InChI=1S/C23H26N2O3/c1-14-23(17-7-5-6-8-19(17)24-14)20(26)13-25-10-9-16-11-21(27-3)22(28-4)12-18(16)15(25)2/h5-8,11-12,15,24H,9-10,13H2,1-4H3/p+1. The minimum Gasteiger partial charge on any atom is -0.493 e. The number of para-hydroxylation sites is 1. The van der Waals surface area contributed by atoms with Gasteiger partial charge < -0.3 is 19.4 Å². The topological polar surface area (TPSA) is 55.8 Å². The fraction of sp³-hybridized carbons (Fsp3) is 0.348. The molecule has 0 bridgehead atoms. The Morgan fingerprint density at radius 1 is 1.18 bits per heavy atom. The molecule has 0 fully saturated rings. The largest absolute Gasteiger partial charge is 0.493 e. The van der Waals surface area contributed by atoms with Crippen LogP contribution in [0.3, 0.4) is 0 Å². The molecule has 1 aliphatic heterocycles. The molecule has 146 valence electrons. The molecule has 3 aromatic rings. The molecular formula is C23H27N2O3+. The Kier molecular flexibility index (Phi) is 4.85. The van der Waals surface area contributed by atoms with Gasteiger partial charge in [0.1, 0.15) is 12.6 Å². The number of ketones is 1. The minimum absolute atomic E-state index is 0.195. The number of fused-ring (bicyclic) bond motifs is 2. The molecule has 2 aromatic carbocycles. The summed E-state index contributed by atoms with van der Waals surface area (Å²) in [4.78, 5) is 17.8. The number of ether oxygens (including phenoxy) is 2. The van der Waals surface area contributed by atoms with Crippen LogP contribution in [-0.2, 0) is 6.42 Å². The lowest BCUT2D eigenvalue weighted by Gasteiger charge is -2.32. The summed E-state index contributed by atoms with van der Waals surface area (Å²) in [6.45, 7) is 5.58. The fourth-order valence-corrected chi connectivity index (χ4v) is 4.46. The number of methoxy groups -OCH3 is 2. The van der Waals surface area contributed by atoms with Gasteiger partial charge in [0.05, 0.1) is 26.3 Å². The second kappa shape index (κ2) is 7.32. The van der Waals surface area contributed by atoms with Crippen LogP contribution in [0.5, 0.6) is 11.5 Å². The van der Waals surface area contributed by atoms with Crippen molar-refractivity contribution in [2.75, 3.05) is 27.3 Å². The van der Waals surface area contributed by atoms with E-state index in [4.69, 9.17) is 9.47 Å². The third-order valence-corrected chi connectivity index (χ3v) is 6.00. The van der Waals surface area contributed by atoms with Crippen LogP contribution in [0.4, 0.5) is 0 Å². The summed E-state index contributed by atoms with van der Waals surface area (Å²) in [6, 6.07) is 12.4. The summed E-state index contributed by atoms with van der Waals surface area (Å²) >= 11 is 0. The summed E-state index contributed by atoms with van der Waals surface area (Å²) in [5.74, 6) is 1.70. The first-order valence-corrected chi connectivity index (χ1v) is 9.73. The van der Waals surface area contributed by atoms with Crippen LogP contribution in [0.15, 0.2) is 36.4 Å². The number of carbonyl (C=O) groups excluding carboxylic acids is 1.